The zero-order valence-electron chi connectivity index (χ0n) is 40.2. The van der Waals surface area contributed by atoms with Gasteiger partial charge in [0.25, 0.3) is 11.8 Å². The molecule has 14 nitrogen and oxygen atoms in total. The minimum absolute atomic E-state index is 0.0376. The molecule has 16 heteroatoms. The maximum Gasteiger partial charge on any atom is 0.307 e. The van der Waals surface area contributed by atoms with E-state index in [4.69, 9.17) is 20.2 Å². The SMILES string of the molecule is CCc1cc(C(=O)N2CCC(C3CC3c3cc(C(=O)N4CCc5ccccc5[C@H]4C)nc4cc(-c5ccc(C6CC6C(=O)O)cc5F)nn34)CC[C@H]2C)nc2cc(-c3ccc(C4CC4C(=O)O)cc3F)nn12. The van der Waals surface area contributed by atoms with E-state index in [0.717, 1.165) is 49.1 Å². The van der Waals surface area contributed by atoms with Crippen molar-refractivity contribution >= 4 is 35.0 Å². The van der Waals surface area contributed by atoms with Crippen LogP contribution in [0.4, 0.5) is 8.78 Å². The minimum atomic E-state index is -0.879. The quantitative estimate of drug-likeness (QED) is 0.127. The molecule has 0 bridgehead atoms. The number of halogens is 2. The number of carbonyl (C=O) groups is 4. The van der Waals surface area contributed by atoms with Crippen LogP contribution in [0.5, 0.6) is 0 Å². The Morgan fingerprint density at radius 1 is 0.653 bits per heavy atom. The van der Waals surface area contributed by atoms with Crippen molar-refractivity contribution < 1.29 is 38.2 Å². The highest BCUT2D eigenvalue weighted by Crippen LogP contribution is 2.55. The minimum Gasteiger partial charge on any atom is -0.481 e. The molecule has 72 heavy (non-hydrogen) atoms. The summed E-state index contributed by atoms with van der Waals surface area (Å²) in [5.74, 6) is -3.98. The van der Waals surface area contributed by atoms with Gasteiger partial charge in [-0.25, -0.2) is 27.8 Å². The van der Waals surface area contributed by atoms with Crippen LogP contribution in [-0.4, -0.2) is 92.1 Å². The first-order valence-corrected chi connectivity index (χ1v) is 25.3. The van der Waals surface area contributed by atoms with E-state index in [0.29, 0.717) is 77.5 Å². The van der Waals surface area contributed by atoms with E-state index in [-0.39, 0.29) is 64.6 Å². The number of benzene rings is 3. The molecule has 4 aromatic heterocycles. The molecule has 6 heterocycles. The number of nitrogens with zero attached hydrogens (tertiary/aromatic N) is 8. The second-order valence-corrected chi connectivity index (χ2v) is 20.8. The normalized spacial score (nSPS) is 25.5. The van der Waals surface area contributed by atoms with Gasteiger partial charge in [-0.1, -0.05) is 43.3 Å². The monoisotopic (exact) mass is 972 g/mol. The lowest BCUT2D eigenvalue weighted by molar-refractivity contribution is -0.139. The summed E-state index contributed by atoms with van der Waals surface area (Å²) in [5, 5.41) is 28.5. The molecule has 2 N–H and O–H groups in total. The van der Waals surface area contributed by atoms with Crippen LogP contribution in [0.25, 0.3) is 33.8 Å². The van der Waals surface area contributed by atoms with Gasteiger partial charge in [0.2, 0.25) is 0 Å². The van der Waals surface area contributed by atoms with Gasteiger partial charge >= 0.3 is 11.9 Å². The van der Waals surface area contributed by atoms with Crippen LogP contribution in [0.2, 0.25) is 0 Å². The van der Waals surface area contributed by atoms with Gasteiger partial charge in [-0.05, 0) is 148 Å². The lowest BCUT2D eigenvalue weighted by Gasteiger charge is -2.35. The van der Waals surface area contributed by atoms with Crippen molar-refractivity contribution in [2.24, 2.45) is 23.7 Å². The first kappa shape index (κ1) is 45.8. The van der Waals surface area contributed by atoms with Crippen molar-refractivity contribution in [3.05, 3.63) is 142 Å². The van der Waals surface area contributed by atoms with E-state index >= 15 is 8.78 Å². The molecule has 1 saturated heterocycles. The summed E-state index contributed by atoms with van der Waals surface area (Å²) >= 11 is 0. The summed E-state index contributed by atoms with van der Waals surface area (Å²) in [4.78, 5) is 65.5. The van der Waals surface area contributed by atoms with Crippen molar-refractivity contribution in [2.75, 3.05) is 13.1 Å². The van der Waals surface area contributed by atoms with Gasteiger partial charge in [-0.3, -0.25) is 19.2 Å². The van der Waals surface area contributed by atoms with Crippen LogP contribution < -0.4 is 0 Å². The van der Waals surface area contributed by atoms with Crippen LogP contribution in [0.15, 0.2) is 84.9 Å². The van der Waals surface area contributed by atoms with E-state index in [1.807, 2.05) is 41.8 Å². The first-order chi connectivity index (χ1) is 34.7. The molecular weight excluding hydrogens is 919 g/mol. The molecule has 12 rings (SSSR count). The largest absolute Gasteiger partial charge is 0.481 e. The Morgan fingerprint density at radius 3 is 1.86 bits per heavy atom. The fraction of sp³-hybridized carbons (Fsp3) is 0.393. The van der Waals surface area contributed by atoms with Gasteiger partial charge in [-0.15, -0.1) is 0 Å². The average molecular weight is 973 g/mol. The van der Waals surface area contributed by atoms with Crippen molar-refractivity contribution in [3.63, 3.8) is 0 Å². The third-order valence-corrected chi connectivity index (χ3v) is 16.5. The molecular formula is C56H54F2N8O6. The van der Waals surface area contributed by atoms with E-state index in [2.05, 4.69) is 19.1 Å². The summed E-state index contributed by atoms with van der Waals surface area (Å²) in [6.07, 6.45) is 5.54. The number of carboxylic acids is 2. The number of likely N-dealkylation sites (tertiary alicyclic amines) is 1. The molecule has 7 aromatic rings. The van der Waals surface area contributed by atoms with Crippen molar-refractivity contribution in [3.8, 4) is 22.5 Å². The summed E-state index contributed by atoms with van der Waals surface area (Å²) in [7, 11) is 0. The number of aliphatic carboxylic acids is 2. The number of aromatic nitrogens is 6. The third-order valence-electron chi connectivity index (χ3n) is 16.5. The molecule has 3 aliphatic carbocycles. The number of hydrogen-bond acceptors (Lipinski definition) is 8. The summed E-state index contributed by atoms with van der Waals surface area (Å²) in [6.45, 7) is 7.15. The van der Waals surface area contributed by atoms with Gasteiger partial charge in [0.05, 0.1) is 35.0 Å². The number of carbonyl (C=O) groups excluding carboxylic acids is 2. The maximum absolute atomic E-state index is 15.9. The van der Waals surface area contributed by atoms with Gasteiger partial charge in [0.1, 0.15) is 23.0 Å². The Bertz CT molecular complexity index is 3410. The highest BCUT2D eigenvalue weighted by molar-refractivity contribution is 5.94. The molecule has 5 aliphatic rings. The van der Waals surface area contributed by atoms with Gasteiger partial charge in [0, 0.05) is 54.0 Å². The molecule has 7 unspecified atom stereocenters. The fourth-order valence-corrected chi connectivity index (χ4v) is 12.1. The van der Waals surface area contributed by atoms with Crippen molar-refractivity contribution in [1.29, 1.82) is 0 Å². The number of fused-ring (bicyclic) bond motifs is 3. The van der Waals surface area contributed by atoms with Crippen LogP contribution in [0, 0.1) is 35.3 Å². The predicted molar refractivity (Wildman–Crippen MR) is 261 cm³/mol. The molecule has 4 fully saturated rings. The van der Waals surface area contributed by atoms with Crippen LogP contribution in [-0.2, 0) is 22.4 Å². The van der Waals surface area contributed by atoms with Gasteiger partial charge < -0.3 is 20.0 Å². The van der Waals surface area contributed by atoms with Crippen LogP contribution >= 0.6 is 0 Å². The van der Waals surface area contributed by atoms with E-state index in [9.17, 15) is 29.4 Å². The van der Waals surface area contributed by atoms with E-state index in [1.54, 1.807) is 51.5 Å². The lowest BCUT2D eigenvalue weighted by Crippen LogP contribution is -2.39. The lowest BCUT2D eigenvalue weighted by atomic mass is 9.92. The summed E-state index contributed by atoms with van der Waals surface area (Å²) in [5.41, 5.74) is 8.00. The Hall–Kier alpha value is -7.36. The van der Waals surface area contributed by atoms with Crippen molar-refractivity contribution in [2.45, 2.75) is 102 Å². The molecule has 3 aromatic carbocycles. The molecule has 368 valence electrons. The molecule has 3 saturated carbocycles. The second-order valence-electron chi connectivity index (χ2n) is 20.8. The van der Waals surface area contributed by atoms with Crippen LogP contribution in [0.3, 0.4) is 0 Å². The number of amides is 2. The zero-order chi connectivity index (χ0) is 49.9. The topological polar surface area (TPSA) is 176 Å². The highest BCUT2D eigenvalue weighted by atomic mass is 19.1. The smallest absolute Gasteiger partial charge is 0.307 e. The second kappa shape index (κ2) is 17.4. The Morgan fingerprint density at radius 2 is 1.25 bits per heavy atom. The molecule has 2 amide bonds. The number of aryl methyl sites for hydroxylation is 1. The summed E-state index contributed by atoms with van der Waals surface area (Å²) < 4.78 is 34.9. The van der Waals surface area contributed by atoms with E-state index in [1.165, 1.54) is 17.7 Å². The number of hydrogen-bond donors (Lipinski definition) is 2. The Labute approximate surface area is 413 Å². The van der Waals surface area contributed by atoms with Crippen LogP contribution in [0.1, 0.15) is 138 Å². The Balaban J connectivity index is 0.800. The average Bonchev–Trinajstić information content (AvgIpc) is 4.31. The Kier molecular flexibility index (Phi) is 11.1. The first-order valence-electron chi connectivity index (χ1n) is 25.3. The summed E-state index contributed by atoms with van der Waals surface area (Å²) in [6, 6.07) is 24.7. The maximum atomic E-state index is 15.9. The standard InChI is InChI=1S/C56H54F2N8O6/c1-4-34-21-48(59-51-26-46(61-65(34)51)36-13-11-32(19-44(36)57)39-23-42(39)55(69)70)53(67)63-17-15-31(10-9-28(63)2)38-22-41(38)50-25-49(54(68)64-18-16-30-7-5-6-8-35(30)29(64)3)60-52-27-47(62-66(50)52)37-14-12-33(20-45(37)58)40-24-43(40)56(71)72/h5-8,11-14,19-21,25-29,31,38-43H,4,9-10,15-18,22-24H2,1-3H3,(H,69,70)(H,71,72)/t28-,29-,31?,38?,39?,40?,41?,42?,43?/m1/s1. The molecule has 2 aliphatic heterocycles. The van der Waals surface area contributed by atoms with Gasteiger partial charge in [0.15, 0.2) is 11.3 Å². The molecule has 0 radical (unpaired) electrons. The molecule has 9 atom stereocenters. The number of carboxylic acid groups (broad SMARTS) is 2. The van der Waals surface area contributed by atoms with Crippen molar-refractivity contribution in [1.82, 2.24) is 39.0 Å². The van der Waals surface area contributed by atoms with Gasteiger partial charge in [-0.2, -0.15) is 10.2 Å². The third kappa shape index (κ3) is 7.99. The number of rotatable bonds is 11. The fourth-order valence-electron chi connectivity index (χ4n) is 12.1. The molecule has 0 spiro atoms. The zero-order valence-corrected chi connectivity index (χ0v) is 40.2. The highest BCUT2D eigenvalue weighted by Gasteiger charge is 2.48. The predicted octanol–water partition coefficient (Wildman–Crippen LogP) is 9.52. The van der Waals surface area contributed by atoms with E-state index < -0.39 is 35.4 Å².